The van der Waals surface area contributed by atoms with Gasteiger partial charge >= 0.3 is 0 Å². The molecule has 1 aliphatic carbocycles. The van der Waals surface area contributed by atoms with E-state index in [0.717, 1.165) is 18.4 Å². The summed E-state index contributed by atoms with van der Waals surface area (Å²) in [7, 11) is 0. The van der Waals surface area contributed by atoms with Gasteiger partial charge in [0.15, 0.2) is 0 Å². The molecule has 1 saturated carbocycles. The Kier molecular flexibility index (Phi) is 1.91. The van der Waals surface area contributed by atoms with Gasteiger partial charge in [-0.05, 0) is 24.5 Å². The molecule has 1 aliphatic heterocycles. The second kappa shape index (κ2) is 3.16. The van der Waals surface area contributed by atoms with E-state index < -0.39 is 0 Å². The number of para-hydroxylation sites is 1. The van der Waals surface area contributed by atoms with Crippen LogP contribution in [0.2, 0.25) is 0 Å². The third-order valence-electron chi connectivity index (χ3n) is 3.71. The Morgan fingerprint density at radius 1 is 1.13 bits per heavy atom. The van der Waals surface area contributed by atoms with E-state index in [2.05, 4.69) is 4.99 Å². The van der Waals surface area contributed by atoms with E-state index in [-0.39, 0.29) is 11.2 Å². The van der Waals surface area contributed by atoms with Crippen LogP contribution < -0.4 is 0 Å². The first-order valence-electron chi connectivity index (χ1n) is 5.66. The van der Waals surface area contributed by atoms with Crippen LogP contribution in [-0.2, 0) is 5.41 Å². The summed E-state index contributed by atoms with van der Waals surface area (Å²) in [4.78, 5) is 4.28. The predicted octanol–water partition coefficient (Wildman–Crippen LogP) is 3.74. The summed E-state index contributed by atoms with van der Waals surface area (Å²) >= 11 is 0. The SMILES string of the molecule is Fc1cccc2c1N=CC21CCCCC1. The molecule has 1 heterocycles. The number of halogens is 1. The zero-order valence-electron chi connectivity index (χ0n) is 8.67. The van der Waals surface area contributed by atoms with Crippen LogP contribution in [0.1, 0.15) is 37.7 Å². The van der Waals surface area contributed by atoms with Crippen molar-refractivity contribution in [2.45, 2.75) is 37.5 Å². The van der Waals surface area contributed by atoms with E-state index in [9.17, 15) is 4.39 Å². The van der Waals surface area contributed by atoms with Gasteiger partial charge in [0.2, 0.25) is 0 Å². The second-order valence-electron chi connectivity index (χ2n) is 4.61. The van der Waals surface area contributed by atoms with Gasteiger partial charge in [0.1, 0.15) is 11.5 Å². The molecule has 2 heteroatoms. The molecule has 0 saturated heterocycles. The van der Waals surface area contributed by atoms with Gasteiger partial charge in [-0.1, -0.05) is 31.4 Å². The molecule has 1 nitrogen and oxygen atoms in total. The van der Waals surface area contributed by atoms with Crippen molar-refractivity contribution in [3.8, 4) is 0 Å². The lowest BCUT2D eigenvalue weighted by Crippen LogP contribution is -2.28. The fourth-order valence-electron chi connectivity index (χ4n) is 2.89. The largest absolute Gasteiger partial charge is 0.257 e. The maximum absolute atomic E-state index is 13.5. The van der Waals surface area contributed by atoms with Crippen LogP contribution in [0.15, 0.2) is 23.2 Å². The fourth-order valence-corrected chi connectivity index (χ4v) is 2.89. The highest BCUT2D eigenvalue weighted by atomic mass is 19.1. The Morgan fingerprint density at radius 2 is 1.93 bits per heavy atom. The maximum Gasteiger partial charge on any atom is 0.149 e. The van der Waals surface area contributed by atoms with Crippen molar-refractivity contribution in [2.75, 3.05) is 0 Å². The van der Waals surface area contributed by atoms with E-state index in [1.54, 1.807) is 6.07 Å². The molecular formula is C13H14FN. The quantitative estimate of drug-likeness (QED) is 0.609. The molecule has 0 unspecified atom stereocenters. The summed E-state index contributed by atoms with van der Waals surface area (Å²) < 4.78 is 13.5. The first-order chi connectivity index (χ1) is 7.32. The van der Waals surface area contributed by atoms with Crippen LogP contribution in [0.3, 0.4) is 0 Å². The van der Waals surface area contributed by atoms with Gasteiger partial charge in [-0.25, -0.2) is 4.39 Å². The molecule has 78 valence electrons. The standard InChI is InChI=1S/C13H14FN/c14-11-6-4-5-10-12(11)15-9-13(10)7-2-1-3-8-13/h4-6,9H,1-3,7-8H2. The lowest BCUT2D eigenvalue weighted by molar-refractivity contribution is 0.391. The van der Waals surface area contributed by atoms with Crippen molar-refractivity contribution >= 4 is 11.9 Å². The van der Waals surface area contributed by atoms with Crippen LogP contribution in [-0.4, -0.2) is 6.21 Å². The van der Waals surface area contributed by atoms with E-state index >= 15 is 0 Å². The van der Waals surface area contributed by atoms with Crippen molar-refractivity contribution in [3.05, 3.63) is 29.6 Å². The van der Waals surface area contributed by atoms with E-state index in [1.807, 2.05) is 12.3 Å². The fraction of sp³-hybridized carbons (Fsp3) is 0.462. The Balaban J connectivity index is 2.11. The first-order valence-corrected chi connectivity index (χ1v) is 5.66. The van der Waals surface area contributed by atoms with E-state index in [0.29, 0.717) is 5.69 Å². The molecule has 0 radical (unpaired) electrons. The highest BCUT2D eigenvalue weighted by Crippen LogP contribution is 2.46. The number of fused-ring (bicyclic) bond motifs is 2. The summed E-state index contributed by atoms with van der Waals surface area (Å²) in [6, 6.07) is 5.34. The monoisotopic (exact) mass is 203 g/mol. The molecule has 15 heavy (non-hydrogen) atoms. The normalized spacial score (nSPS) is 21.9. The van der Waals surface area contributed by atoms with Crippen LogP contribution in [0, 0.1) is 5.82 Å². The molecule has 1 spiro atoms. The van der Waals surface area contributed by atoms with Crippen molar-refractivity contribution in [1.82, 2.24) is 0 Å². The van der Waals surface area contributed by atoms with Gasteiger partial charge in [-0.2, -0.15) is 0 Å². The number of rotatable bonds is 0. The summed E-state index contributed by atoms with van der Waals surface area (Å²) in [6.07, 6.45) is 8.03. The lowest BCUT2D eigenvalue weighted by Gasteiger charge is -2.31. The van der Waals surface area contributed by atoms with Crippen molar-refractivity contribution < 1.29 is 4.39 Å². The van der Waals surface area contributed by atoms with E-state index in [1.165, 1.54) is 25.3 Å². The molecule has 0 amide bonds. The molecule has 3 rings (SSSR count). The zero-order chi connectivity index (χ0) is 10.3. The zero-order valence-corrected chi connectivity index (χ0v) is 8.67. The van der Waals surface area contributed by atoms with Crippen LogP contribution in [0.5, 0.6) is 0 Å². The third kappa shape index (κ3) is 1.24. The molecule has 2 aliphatic rings. The predicted molar refractivity (Wildman–Crippen MR) is 59.3 cm³/mol. The lowest BCUT2D eigenvalue weighted by atomic mass is 9.71. The van der Waals surface area contributed by atoms with Crippen molar-refractivity contribution in [2.24, 2.45) is 4.99 Å². The smallest absolute Gasteiger partial charge is 0.149 e. The molecule has 1 aromatic rings. The summed E-state index contributed by atoms with van der Waals surface area (Å²) in [5, 5.41) is 0. The van der Waals surface area contributed by atoms with Crippen molar-refractivity contribution in [3.63, 3.8) is 0 Å². The topological polar surface area (TPSA) is 12.4 Å². The molecule has 0 aromatic heterocycles. The Bertz CT molecular complexity index is 417. The molecule has 1 aromatic carbocycles. The number of aliphatic imine (C=N–C) groups is 1. The van der Waals surface area contributed by atoms with Gasteiger partial charge in [-0.15, -0.1) is 0 Å². The number of nitrogens with zero attached hydrogens (tertiary/aromatic N) is 1. The molecule has 0 bridgehead atoms. The average molecular weight is 203 g/mol. The molecule has 1 fully saturated rings. The summed E-state index contributed by atoms with van der Waals surface area (Å²) in [6.45, 7) is 0. The van der Waals surface area contributed by atoms with Gasteiger partial charge in [0.05, 0.1) is 0 Å². The molecule has 0 atom stereocenters. The van der Waals surface area contributed by atoms with Crippen LogP contribution >= 0.6 is 0 Å². The first kappa shape index (κ1) is 9.08. The Morgan fingerprint density at radius 3 is 2.73 bits per heavy atom. The molecule has 0 N–H and O–H groups in total. The Hall–Kier alpha value is -1.18. The highest BCUT2D eigenvalue weighted by molar-refractivity contribution is 5.85. The van der Waals surface area contributed by atoms with Crippen LogP contribution in [0.4, 0.5) is 10.1 Å². The number of hydrogen-bond acceptors (Lipinski definition) is 1. The van der Waals surface area contributed by atoms with Gasteiger partial charge < -0.3 is 0 Å². The Labute approximate surface area is 89.0 Å². The minimum atomic E-state index is -0.175. The summed E-state index contributed by atoms with van der Waals surface area (Å²) in [5.41, 5.74) is 1.76. The average Bonchev–Trinajstić information content (AvgIpc) is 2.61. The summed E-state index contributed by atoms with van der Waals surface area (Å²) in [5.74, 6) is -0.175. The minimum absolute atomic E-state index is 0.0652. The number of hydrogen-bond donors (Lipinski definition) is 0. The number of benzene rings is 1. The third-order valence-corrected chi connectivity index (χ3v) is 3.71. The minimum Gasteiger partial charge on any atom is -0.257 e. The molecular weight excluding hydrogens is 189 g/mol. The second-order valence-corrected chi connectivity index (χ2v) is 4.61. The van der Waals surface area contributed by atoms with Crippen LogP contribution in [0.25, 0.3) is 0 Å². The van der Waals surface area contributed by atoms with Gasteiger partial charge in [-0.3, -0.25) is 4.99 Å². The highest BCUT2D eigenvalue weighted by Gasteiger charge is 2.38. The van der Waals surface area contributed by atoms with Gasteiger partial charge in [0.25, 0.3) is 0 Å². The van der Waals surface area contributed by atoms with Gasteiger partial charge in [0, 0.05) is 11.6 Å². The van der Waals surface area contributed by atoms with Crippen molar-refractivity contribution in [1.29, 1.82) is 0 Å². The van der Waals surface area contributed by atoms with E-state index in [4.69, 9.17) is 0 Å². The maximum atomic E-state index is 13.5.